The smallest absolute Gasteiger partial charge is 0.434 e. The standard InChI is InChI=1S/C24H25F3N4O6/c1-22(2,3)36-20(34)30(21(35)37-23(4,5)6)18-14-10-8-7-9-13(14)16(12-28-18)31-17(24(25,26)27)15(11-29-31)19(32)33/h7-12H,1-6H3,(H,32,33). The summed E-state index contributed by atoms with van der Waals surface area (Å²) >= 11 is 0. The van der Waals surface area contributed by atoms with Gasteiger partial charge in [0.15, 0.2) is 11.5 Å². The number of alkyl halides is 3. The molecule has 0 bridgehead atoms. The summed E-state index contributed by atoms with van der Waals surface area (Å²) in [5, 5.41) is 13.1. The van der Waals surface area contributed by atoms with Crippen LogP contribution in [0.1, 0.15) is 57.6 Å². The number of rotatable bonds is 3. The number of fused-ring (bicyclic) bond motifs is 1. The molecule has 3 rings (SSSR count). The summed E-state index contributed by atoms with van der Waals surface area (Å²) in [6.07, 6.45) is -5.76. The number of aromatic nitrogens is 3. The van der Waals surface area contributed by atoms with Gasteiger partial charge in [-0.2, -0.15) is 23.2 Å². The number of ether oxygens (including phenoxy) is 2. The molecule has 0 radical (unpaired) electrons. The zero-order chi connectivity index (χ0) is 27.9. The number of carbonyl (C=O) groups excluding carboxylic acids is 2. The molecule has 2 heterocycles. The van der Waals surface area contributed by atoms with Crippen LogP contribution in [-0.2, 0) is 15.7 Å². The minimum atomic E-state index is -5.07. The van der Waals surface area contributed by atoms with E-state index in [9.17, 15) is 32.7 Å². The van der Waals surface area contributed by atoms with Crippen LogP contribution in [0, 0.1) is 0 Å². The molecule has 0 fully saturated rings. The van der Waals surface area contributed by atoms with Crippen LogP contribution in [0.3, 0.4) is 0 Å². The van der Waals surface area contributed by atoms with Crippen molar-refractivity contribution in [3.05, 3.63) is 47.9 Å². The van der Waals surface area contributed by atoms with E-state index in [0.29, 0.717) is 15.8 Å². The third-order valence-electron chi connectivity index (χ3n) is 4.61. The first kappa shape index (κ1) is 27.4. The normalized spacial score (nSPS) is 12.4. The molecule has 0 unspecified atom stereocenters. The molecule has 0 spiro atoms. The number of hydrogen-bond donors (Lipinski definition) is 1. The number of carboxylic acids is 1. The molecule has 1 aromatic carbocycles. The largest absolute Gasteiger partial charge is 0.478 e. The highest BCUT2D eigenvalue weighted by atomic mass is 19.4. The van der Waals surface area contributed by atoms with Gasteiger partial charge >= 0.3 is 24.3 Å². The Morgan fingerprint density at radius 2 is 1.41 bits per heavy atom. The molecule has 0 atom stereocenters. The average molecular weight is 522 g/mol. The number of hydrogen-bond acceptors (Lipinski definition) is 7. The number of carboxylic acid groups (broad SMARTS) is 1. The monoisotopic (exact) mass is 522 g/mol. The van der Waals surface area contributed by atoms with Gasteiger partial charge in [0.1, 0.15) is 16.8 Å². The van der Waals surface area contributed by atoms with Crippen molar-refractivity contribution in [3.8, 4) is 5.69 Å². The number of pyridine rings is 1. The van der Waals surface area contributed by atoms with Crippen molar-refractivity contribution in [1.29, 1.82) is 0 Å². The van der Waals surface area contributed by atoms with Crippen LogP contribution >= 0.6 is 0 Å². The van der Waals surface area contributed by atoms with Gasteiger partial charge in [0.2, 0.25) is 0 Å². The van der Waals surface area contributed by atoms with Gasteiger partial charge in [-0.1, -0.05) is 24.3 Å². The Balaban J connectivity index is 2.29. The summed E-state index contributed by atoms with van der Waals surface area (Å²) in [5.41, 5.74) is -4.80. The maximum Gasteiger partial charge on any atom is 0.434 e. The Labute approximate surface area is 209 Å². The molecule has 10 nitrogen and oxygen atoms in total. The molecule has 13 heteroatoms. The van der Waals surface area contributed by atoms with Crippen molar-refractivity contribution in [2.24, 2.45) is 0 Å². The zero-order valence-electron chi connectivity index (χ0n) is 20.9. The number of imide groups is 1. The van der Waals surface area contributed by atoms with E-state index < -0.39 is 46.8 Å². The number of amides is 2. The van der Waals surface area contributed by atoms with Gasteiger partial charge in [0.05, 0.1) is 18.1 Å². The minimum absolute atomic E-state index is 0.0808. The quantitative estimate of drug-likeness (QED) is 0.457. The van der Waals surface area contributed by atoms with E-state index in [4.69, 9.17) is 9.47 Å². The maximum absolute atomic E-state index is 13.8. The lowest BCUT2D eigenvalue weighted by molar-refractivity contribution is -0.143. The SMILES string of the molecule is CC(C)(C)OC(=O)N(C(=O)OC(C)(C)C)c1ncc(-n2ncc(C(=O)O)c2C(F)(F)F)c2ccccc12. The second-order valence-electron chi connectivity index (χ2n) is 9.93. The van der Waals surface area contributed by atoms with Crippen LogP contribution in [0.15, 0.2) is 36.7 Å². The van der Waals surface area contributed by atoms with Crippen LogP contribution in [0.5, 0.6) is 0 Å². The van der Waals surface area contributed by atoms with Crippen molar-refractivity contribution in [2.75, 3.05) is 4.90 Å². The fourth-order valence-electron chi connectivity index (χ4n) is 3.33. The second kappa shape index (κ2) is 9.37. The van der Waals surface area contributed by atoms with Crippen molar-refractivity contribution in [1.82, 2.24) is 14.8 Å². The molecule has 198 valence electrons. The second-order valence-corrected chi connectivity index (χ2v) is 9.93. The van der Waals surface area contributed by atoms with E-state index in [0.717, 1.165) is 6.20 Å². The first-order valence-corrected chi connectivity index (χ1v) is 10.9. The van der Waals surface area contributed by atoms with Gasteiger partial charge in [-0.3, -0.25) is 0 Å². The van der Waals surface area contributed by atoms with Crippen molar-refractivity contribution in [3.63, 3.8) is 0 Å². The summed E-state index contributed by atoms with van der Waals surface area (Å²) in [4.78, 5) is 42.2. The molecular weight excluding hydrogens is 497 g/mol. The van der Waals surface area contributed by atoms with Gasteiger partial charge in [-0.05, 0) is 41.5 Å². The Kier molecular flexibility index (Phi) is 6.95. The van der Waals surface area contributed by atoms with E-state index in [-0.39, 0.29) is 22.3 Å². The van der Waals surface area contributed by atoms with Crippen LogP contribution in [0.25, 0.3) is 16.5 Å². The zero-order valence-corrected chi connectivity index (χ0v) is 20.9. The van der Waals surface area contributed by atoms with Crippen LogP contribution in [0.4, 0.5) is 28.6 Å². The lowest BCUT2D eigenvalue weighted by atomic mass is 10.1. The minimum Gasteiger partial charge on any atom is -0.478 e. The molecule has 2 amide bonds. The van der Waals surface area contributed by atoms with E-state index in [1.54, 1.807) is 41.5 Å². The van der Waals surface area contributed by atoms with E-state index in [1.807, 2.05) is 0 Å². The van der Waals surface area contributed by atoms with Crippen molar-refractivity contribution >= 4 is 34.7 Å². The molecule has 3 aromatic rings. The predicted octanol–water partition coefficient (Wildman–Crippen LogP) is 5.81. The highest BCUT2D eigenvalue weighted by Crippen LogP contribution is 2.37. The lowest BCUT2D eigenvalue weighted by Gasteiger charge is -2.28. The van der Waals surface area contributed by atoms with Crippen molar-refractivity contribution in [2.45, 2.75) is 58.9 Å². The molecule has 0 aliphatic carbocycles. The Morgan fingerprint density at radius 1 is 0.892 bits per heavy atom. The van der Waals surface area contributed by atoms with Gasteiger partial charge < -0.3 is 14.6 Å². The Morgan fingerprint density at radius 3 is 1.86 bits per heavy atom. The summed E-state index contributed by atoms with van der Waals surface area (Å²) in [6.45, 7) is 9.52. The number of halogens is 3. The van der Waals surface area contributed by atoms with E-state index in [1.165, 1.54) is 24.3 Å². The van der Waals surface area contributed by atoms with Crippen LogP contribution in [-0.4, -0.2) is 49.2 Å². The highest BCUT2D eigenvalue weighted by Gasteiger charge is 2.41. The fourth-order valence-corrected chi connectivity index (χ4v) is 3.33. The Hall–Kier alpha value is -4.16. The average Bonchev–Trinajstić information content (AvgIpc) is 3.17. The number of anilines is 1. The molecule has 0 saturated heterocycles. The predicted molar refractivity (Wildman–Crippen MR) is 126 cm³/mol. The lowest BCUT2D eigenvalue weighted by Crippen LogP contribution is -2.44. The third kappa shape index (κ3) is 5.98. The number of aromatic carboxylic acids is 1. The molecule has 0 aliphatic heterocycles. The summed E-state index contributed by atoms with van der Waals surface area (Å²) in [6, 6.07) is 5.88. The van der Waals surface area contributed by atoms with Gasteiger partial charge in [-0.15, -0.1) is 0 Å². The topological polar surface area (TPSA) is 124 Å². The van der Waals surface area contributed by atoms with Crippen LogP contribution in [0.2, 0.25) is 0 Å². The fraction of sp³-hybridized carbons (Fsp3) is 0.375. The number of carbonyl (C=O) groups is 3. The summed E-state index contributed by atoms with van der Waals surface area (Å²) in [5.74, 6) is -2.07. The van der Waals surface area contributed by atoms with Gasteiger partial charge in [0.25, 0.3) is 0 Å². The first-order valence-electron chi connectivity index (χ1n) is 10.9. The van der Waals surface area contributed by atoms with Crippen LogP contribution < -0.4 is 4.90 Å². The molecule has 1 N–H and O–H groups in total. The Bertz CT molecular complexity index is 1340. The van der Waals surface area contributed by atoms with Crippen molar-refractivity contribution < 1.29 is 42.1 Å². The molecule has 0 saturated carbocycles. The number of nitrogens with zero attached hydrogens (tertiary/aromatic N) is 4. The van der Waals surface area contributed by atoms with E-state index >= 15 is 0 Å². The molecule has 2 aromatic heterocycles. The maximum atomic E-state index is 13.8. The van der Waals surface area contributed by atoms with Gasteiger partial charge in [0, 0.05) is 10.8 Å². The third-order valence-corrected chi connectivity index (χ3v) is 4.61. The molecular formula is C24H25F3N4O6. The first-order chi connectivity index (χ1) is 16.9. The van der Waals surface area contributed by atoms with Gasteiger partial charge in [-0.25, -0.2) is 24.0 Å². The molecule has 0 aliphatic rings. The highest BCUT2D eigenvalue weighted by molar-refractivity contribution is 6.14. The number of benzene rings is 1. The van der Waals surface area contributed by atoms with E-state index in [2.05, 4.69) is 10.1 Å². The summed E-state index contributed by atoms with van der Waals surface area (Å²) < 4.78 is 52.7. The molecule has 37 heavy (non-hydrogen) atoms. The summed E-state index contributed by atoms with van der Waals surface area (Å²) in [7, 11) is 0.